The highest BCUT2D eigenvalue weighted by atomic mass is 16.5. The molecule has 2 heterocycles. The Hall–Kier alpha value is -4.12. The van der Waals surface area contributed by atoms with Gasteiger partial charge in [0.25, 0.3) is 11.8 Å². The summed E-state index contributed by atoms with van der Waals surface area (Å²) in [5, 5.41) is 9.50. The number of benzene rings is 2. The lowest BCUT2D eigenvalue weighted by atomic mass is 10.1. The maximum atomic E-state index is 13.1. The van der Waals surface area contributed by atoms with Gasteiger partial charge in [-0.05, 0) is 36.6 Å². The number of carbonyl (C=O) groups is 2. The number of amides is 2. The first-order valence-corrected chi connectivity index (χ1v) is 10.9. The van der Waals surface area contributed by atoms with Gasteiger partial charge in [0.15, 0.2) is 0 Å². The lowest BCUT2D eigenvalue weighted by Gasteiger charge is -2.20. The van der Waals surface area contributed by atoms with E-state index in [4.69, 9.17) is 4.74 Å². The molecule has 3 aromatic rings. The van der Waals surface area contributed by atoms with Gasteiger partial charge >= 0.3 is 0 Å². The highest BCUT2D eigenvalue weighted by Crippen LogP contribution is 2.32. The lowest BCUT2D eigenvalue weighted by molar-refractivity contribution is -0.120. The summed E-state index contributed by atoms with van der Waals surface area (Å²) in [5.74, 6) is 7.18. The molecule has 1 aliphatic heterocycles. The minimum atomic E-state index is -0.869. The van der Waals surface area contributed by atoms with Crippen molar-refractivity contribution in [1.29, 1.82) is 0 Å². The topological polar surface area (TPSA) is 100 Å². The summed E-state index contributed by atoms with van der Waals surface area (Å²) < 4.78 is 5.84. The average molecular weight is 441 g/mol. The van der Waals surface area contributed by atoms with E-state index in [-0.39, 0.29) is 18.3 Å². The molecule has 33 heavy (non-hydrogen) atoms. The smallest absolute Gasteiger partial charge is 0.291 e. The molecule has 1 aliphatic carbocycles. The van der Waals surface area contributed by atoms with Crippen LogP contribution in [-0.4, -0.2) is 46.7 Å². The lowest BCUT2D eigenvalue weighted by Crippen LogP contribution is -2.49. The molecule has 0 bridgehead atoms. The van der Waals surface area contributed by atoms with Crippen LogP contribution in [0.2, 0.25) is 0 Å². The van der Waals surface area contributed by atoms with E-state index in [0.717, 1.165) is 24.0 Å². The van der Waals surface area contributed by atoms with Crippen LogP contribution in [0.3, 0.4) is 0 Å². The molecular weight excluding hydrogens is 418 g/mol. The van der Waals surface area contributed by atoms with Crippen LogP contribution in [0.25, 0.3) is 0 Å². The fourth-order valence-corrected chi connectivity index (χ4v) is 3.58. The minimum absolute atomic E-state index is 0.0102. The number of hydrogen-bond acceptors (Lipinski definition) is 5. The normalized spacial score (nSPS) is 17.3. The van der Waals surface area contributed by atoms with E-state index in [0.29, 0.717) is 29.6 Å². The zero-order valence-corrected chi connectivity index (χ0v) is 18.2. The van der Waals surface area contributed by atoms with E-state index < -0.39 is 11.9 Å². The van der Waals surface area contributed by atoms with Gasteiger partial charge in [0.1, 0.15) is 24.2 Å². The quantitative estimate of drug-likeness (QED) is 0.606. The molecule has 5 rings (SSSR count). The third-order valence-corrected chi connectivity index (χ3v) is 5.61. The van der Waals surface area contributed by atoms with E-state index >= 15 is 0 Å². The van der Waals surface area contributed by atoms with Crippen LogP contribution in [0.1, 0.15) is 40.4 Å². The van der Waals surface area contributed by atoms with Crippen LogP contribution in [-0.2, 0) is 11.2 Å². The van der Waals surface area contributed by atoms with Crippen molar-refractivity contribution in [2.45, 2.75) is 25.3 Å². The fraction of sp³-hybridized carbons (Fsp3) is 0.280. The Labute approximate surface area is 191 Å². The van der Waals surface area contributed by atoms with Crippen molar-refractivity contribution < 1.29 is 14.3 Å². The van der Waals surface area contributed by atoms with Gasteiger partial charge in [-0.15, -0.1) is 5.10 Å². The molecule has 1 fully saturated rings. The molecule has 2 N–H and O–H groups in total. The molecule has 166 valence electrons. The molecule has 2 aliphatic rings. The van der Waals surface area contributed by atoms with E-state index in [1.54, 1.807) is 7.05 Å². The second kappa shape index (κ2) is 8.79. The minimum Gasteiger partial charge on any atom is -0.489 e. The summed E-state index contributed by atoms with van der Waals surface area (Å²) in [6.45, 7) is 0.0102. The van der Waals surface area contributed by atoms with Crippen LogP contribution in [0.4, 0.5) is 5.69 Å². The number of nitrogens with zero attached hydrogens (tertiary/aromatic N) is 3. The monoisotopic (exact) mass is 441 g/mol. The Morgan fingerprint density at radius 3 is 2.85 bits per heavy atom. The summed E-state index contributed by atoms with van der Waals surface area (Å²) in [4.78, 5) is 31.5. The van der Waals surface area contributed by atoms with Gasteiger partial charge in [-0.1, -0.05) is 42.2 Å². The summed E-state index contributed by atoms with van der Waals surface area (Å²) in [5.41, 5.74) is 2.51. The second-order valence-corrected chi connectivity index (χ2v) is 8.23. The number of likely N-dealkylation sites (N-methyl/N-ethyl adjacent to an activating group) is 1. The molecule has 8 nitrogen and oxygen atoms in total. The maximum absolute atomic E-state index is 13.1. The van der Waals surface area contributed by atoms with Crippen molar-refractivity contribution in [3.63, 3.8) is 0 Å². The summed E-state index contributed by atoms with van der Waals surface area (Å²) >= 11 is 0. The number of aromatic amines is 1. The predicted molar refractivity (Wildman–Crippen MR) is 122 cm³/mol. The van der Waals surface area contributed by atoms with Crippen molar-refractivity contribution >= 4 is 17.5 Å². The van der Waals surface area contributed by atoms with Crippen LogP contribution >= 0.6 is 0 Å². The molecule has 0 radical (unpaired) electrons. The number of rotatable bonds is 4. The number of ether oxygens (including phenoxy) is 1. The van der Waals surface area contributed by atoms with Crippen molar-refractivity contribution in [2.24, 2.45) is 5.92 Å². The van der Waals surface area contributed by atoms with E-state index in [2.05, 4.69) is 32.3 Å². The second-order valence-electron chi connectivity index (χ2n) is 8.23. The molecule has 0 spiro atoms. The maximum Gasteiger partial charge on any atom is 0.291 e. The van der Waals surface area contributed by atoms with Crippen molar-refractivity contribution in [1.82, 2.24) is 20.5 Å². The summed E-state index contributed by atoms with van der Waals surface area (Å²) in [7, 11) is 1.66. The van der Waals surface area contributed by atoms with Gasteiger partial charge in [-0.3, -0.25) is 14.7 Å². The first-order chi connectivity index (χ1) is 16.1. The molecule has 2 aromatic carbocycles. The fourth-order valence-electron chi connectivity index (χ4n) is 3.58. The summed E-state index contributed by atoms with van der Waals surface area (Å²) in [6.07, 6.45) is 2.83. The van der Waals surface area contributed by atoms with Crippen molar-refractivity contribution in [3.05, 3.63) is 71.3 Å². The average Bonchev–Trinajstić information content (AvgIpc) is 3.57. The van der Waals surface area contributed by atoms with Gasteiger partial charge < -0.3 is 15.0 Å². The Morgan fingerprint density at radius 1 is 1.24 bits per heavy atom. The first-order valence-electron chi connectivity index (χ1n) is 10.9. The highest BCUT2D eigenvalue weighted by Gasteiger charge is 2.31. The number of anilines is 1. The van der Waals surface area contributed by atoms with Gasteiger partial charge in [0.2, 0.25) is 5.82 Å². The molecule has 1 saturated carbocycles. The SMILES string of the molecule is CN1C(=O)[C@@H](NC(=O)c2n[nH]c(Cc3ccccc3)n2)COc2ccc(C#CC3CC3)cc21. The Morgan fingerprint density at radius 2 is 2.06 bits per heavy atom. The van der Waals surface area contributed by atoms with E-state index in [9.17, 15) is 9.59 Å². The largest absolute Gasteiger partial charge is 0.489 e. The van der Waals surface area contributed by atoms with Crippen LogP contribution in [0.15, 0.2) is 48.5 Å². The van der Waals surface area contributed by atoms with Crippen molar-refractivity contribution in [2.75, 3.05) is 18.6 Å². The number of nitrogens with one attached hydrogen (secondary N) is 2. The van der Waals surface area contributed by atoms with Crippen molar-refractivity contribution in [3.8, 4) is 17.6 Å². The summed E-state index contributed by atoms with van der Waals surface area (Å²) in [6, 6.07) is 14.4. The Bertz CT molecular complexity index is 1250. The first kappa shape index (κ1) is 20.8. The van der Waals surface area contributed by atoms with Gasteiger partial charge in [-0.25, -0.2) is 4.98 Å². The molecule has 2 amide bonds. The number of H-pyrrole nitrogens is 1. The van der Waals surface area contributed by atoms with Gasteiger partial charge in [-0.2, -0.15) is 0 Å². The molecule has 8 heteroatoms. The third-order valence-electron chi connectivity index (χ3n) is 5.61. The van der Waals surface area contributed by atoms with E-state index in [1.807, 2.05) is 48.5 Å². The van der Waals surface area contributed by atoms with Crippen LogP contribution in [0.5, 0.6) is 5.75 Å². The molecule has 0 unspecified atom stereocenters. The predicted octanol–water partition coefficient (Wildman–Crippen LogP) is 2.31. The van der Waals surface area contributed by atoms with E-state index in [1.165, 1.54) is 4.90 Å². The molecule has 1 atom stereocenters. The van der Waals surface area contributed by atoms with Crippen LogP contribution < -0.4 is 15.0 Å². The Kier molecular flexibility index (Phi) is 5.53. The van der Waals surface area contributed by atoms with Crippen LogP contribution in [0, 0.1) is 17.8 Å². The number of hydrogen-bond donors (Lipinski definition) is 2. The number of aromatic nitrogens is 3. The van der Waals surface area contributed by atoms with Gasteiger partial charge in [0.05, 0.1) is 5.69 Å². The van der Waals surface area contributed by atoms with Gasteiger partial charge in [0, 0.05) is 24.9 Å². The molecular formula is C25H23N5O3. The Balaban J connectivity index is 1.27. The third kappa shape index (κ3) is 4.72. The zero-order chi connectivity index (χ0) is 22.8. The number of fused-ring (bicyclic) bond motifs is 1. The standard InChI is InChI=1S/C25H23N5O3/c1-30-20-13-18(10-9-16-7-8-16)11-12-21(20)33-15-19(25(30)32)26-24(31)23-27-22(28-29-23)14-17-5-3-2-4-6-17/h2-6,11-13,16,19H,7-8,14-15H2,1H3,(H,26,31)(H,27,28,29)/t19-/m0/s1. The highest BCUT2D eigenvalue weighted by molar-refractivity contribution is 6.02. The number of carbonyl (C=O) groups excluding carboxylic acids is 2. The zero-order valence-electron chi connectivity index (χ0n) is 18.2. The molecule has 0 saturated heterocycles. The molecule has 1 aromatic heterocycles.